The van der Waals surface area contributed by atoms with Crippen LogP contribution in [-0.2, 0) is 0 Å². The summed E-state index contributed by atoms with van der Waals surface area (Å²) >= 11 is 0. The van der Waals surface area contributed by atoms with Gasteiger partial charge in [-0.25, -0.2) is 0 Å². The third-order valence-electron chi connectivity index (χ3n) is 3.09. The highest BCUT2D eigenvalue weighted by atomic mass is 15.0. The lowest BCUT2D eigenvalue weighted by molar-refractivity contribution is 0.208. The SMILES string of the molecule is C=CCCCCCNC1(C)CCC1. The van der Waals surface area contributed by atoms with E-state index in [-0.39, 0.29) is 0 Å². The van der Waals surface area contributed by atoms with Crippen molar-refractivity contribution in [1.29, 1.82) is 0 Å². The van der Waals surface area contributed by atoms with Crippen molar-refractivity contribution in [2.24, 2.45) is 0 Å². The van der Waals surface area contributed by atoms with Gasteiger partial charge in [-0.3, -0.25) is 0 Å². The van der Waals surface area contributed by atoms with Gasteiger partial charge in [0.1, 0.15) is 0 Å². The monoisotopic (exact) mass is 181 g/mol. The van der Waals surface area contributed by atoms with E-state index in [1.54, 1.807) is 0 Å². The standard InChI is InChI=1S/C12H23N/c1-3-4-5-6-7-11-13-12(2)9-8-10-12/h3,13H,1,4-11H2,2H3. The van der Waals surface area contributed by atoms with Crippen LogP contribution in [0.5, 0.6) is 0 Å². The van der Waals surface area contributed by atoms with Gasteiger partial charge in [-0.2, -0.15) is 0 Å². The molecule has 0 aromatic heterocycles. The van der Waals surface area contributed by atoms with E-state index < -0.39 is 0 Å². The van der Waals surface area contributed by atoms with Crippen molar-refractivity contribution in [2.45, 2.75) is 57.4 Å². The quantitative estimate of drug-likeness (QED) is 0.469. The molecule has 0 aromatic rings. The zero-order valence-corrected chi connectivity index (χ0v) is 8.94. The second-order valence-corrected chi connectivity index (χ2v) is 4.48. The highest BCUT2D eigenvalue weighted by Crippen LogP contribution is 2.30. The van der Waals surface area contributed by atoms with E-state index in [1.807, 2.05) is 6.08 Å². The molecule has 1 aliphatic carbocycles. The third-order valence-corrected chi connectivity index (χ3v) is 3.09. The van der Waals surface area contributed by atoms with Gasteiger partial charge in [0.05, 0.1) is 0 Å². The van der Waals surface area contributed by atoms with Gasteiger partial charge in [0.15, 0.2) is 0 Å². The van der Waals surface area contributed by atoms with Crippen LogP contribution < -0.4 is 5.32 Å². The van der Waals surface area contributed by atoms with Crippen molar-refractivity contribution in [2.75, 3.05) is 6.54 Å². The van der Waals surface area contributed by atoms with E-state index >= 15 is 0 Å². The van der Waals surface area contributed by atoms with E-state index in [2.05, 4.69) is 18.8 Å². The molecule has 0 atom stereocenters. The van der Waals surface area contributed by atoms with Gasteiger partial charge in [-0.15, -0.1) is 6.58 Å². The fourth-order valence-corrected chi connectivity index (χ4v) is 1.86. The van der Waals surface area contributed by atoms with Gasteiger partial charge in [0.2, 0.25) is 0 Å². The van der Waals surface area contributed by atoms with Crippen molar-refractivity contribution in [3.05, 3.63) is 12.7 Å². The van der Waals surface area contributed by atoms with Gasteiger partial charge in [-0.1, -0.05) is 12.5 Å². The topological polar surface area (TPSA) is 12.0 Å². The average Bonchev–Trinajstić information content (AvgIpc) is 2.08. The van der Waals surface area contributed by atoms with Crippen LogP contribution in [0.1, 0.15) is 51.9 Å². The fourth-order valence-electron chi connectivity index (χ4n) is 1.86. The minimum Gasteiger partial charge on any atom is -0.312 e. The minimum absolute atomic E-state index is 0.498. The molecular formula is C12H23N. The summed E-state index contributed by atoms with van der Waals surface area (Å²) in [7, 11) is 0. The molecule has 1 aliphatic rings. The number of unbranched alkanes of at least 4 members (excludes halogenated alkanes) is 3. The smallest absolute Gasteiger partial charge is 0.0153 e. The first-order chi connectivity index (χ1) is 6.27. The van der Waals surface area contributed by atoms with Crippen LogP contribution in [0, 0.1) is 0 Å². The first kappa shape index (κ1) is 10.8. The van der Waals surface area contributed by atoms with Crippen LogP contribution in [0.3, 0.4) is 0 Å². The molecule has 13 heavy (non-hydrogen) atoms. The Kier molecular flexibility index (Phi) is 4.51. The molecule has 1 N–H and O–H groups in total. The van der Waals surface area contributed by atoms with Crippen LogP contribution in [-0.4, -0.2) is 12.1 Å². The summed E-state index contributed by atoms with van der Waals surface area (Å²) in [6.07, 6.45) is 11.3. The molecule has 0 radical (unpaired) electrons. The summed E-state index contributed by atoms with van der Waals surface area (Å²) in [5.41, 5.74) is 0.498. The van der Waals surface area contributed by atoms with Crippen molar-refractivity contribution in [1.82, 2.24) is 5.32 Å². The molecule has 1 rings (SSSR count). The van der Waals surface area contributed by atoms with E-state index in [9.17, 15) is 0 Å². The van der Waals surface area contributed by atoms with Crippen LogP contribution in [0.15, 0.2) is 12.7 Å². The number of nitrogens with one attached hydrogen (secondary N) is 1. The zero-order chi connectivity index (χ0) is 9.57. The molecule has 0 aliphatic heterocycles. The number of rotatable bonds is 7. The summed E-state index contributed by atoms with van der Waals surface area (Å²) in [6.45, 7) is 7.27. The lowest BCUT2D eigenvalue weighted by atomic mass is 9.78. The van der Waals surface area contributed by atoms with Crippen LogP contribution >= 0.6 is 0 Å². The zero-order valence-electron chi connectivity index (χ0n) is 8.94. The van der Waals surface area contributed by atoms with E-state index in [0.29, 0.717) is 5.54 Å². The molecule has 1 fully saturated rings. The second kappa shape index (κ2) is 5.43. The van der Waals surface area contributed by atoms with Crippen LogP contribution in [0.25, 0.3) is 0 Å². The molecule has 0 spiro atoms. The predicted octanol–water partition coefficient (Wildman–Crippen LogP) is 3.27. The fraction of sp³-hybridized carbons (Fsp3) is 0.833. The molecule has 1 nitrogen and oxygen atoms in total. The number of allylic oxidation sites excluding steroid dienone is 1. The Balaban J connectivity index is 1.86. The third kappa shape index (κ3) is 3.95. The Labute approximate surface area is 82.6 Å². The van der Waals surface area contributed by atoms with Crippen molar-refractivity contribution in [3.63, 3.8) is 0 Å². The Bertz CT molecular complexity index is 147. The van der Waals surface area contributed by atoms with E-state index in [0.717, 1.165) is 0 Å². The first-order valence-electron chi connectivity index (χ1n) is 5.63. The van der Waals surface area contributed by atoms with Crippen LogP contribution in [0.4, 0.5) is 0 Å². The first-order valence-corrected chi connectivity index (χ1v) is 5.63. The minimum atomic E-state index is 0.498. The normalized spacial score (nSPS) is 19.5. The molecule has 0 aromatic carbocycles. The molecule has 76 valence electrons. The maximum atomic E-state index is 3.72. The summed E-state index contributed by atoms with van der Waals surface area (Å²) in [5, 5.41) is 3.65. The van der Waals surface area contributed by atoms with E-state index in [1.165, 1.54) is 51.5 Å². The molecule has 1 saturated carbocycles. The summed E-state index contributed by atoms with van der Waals surface area (Å²) in [4.78, 5) is 0. The Morgan fingerprint density at radius 1 is 1.31 bits per heavy atom. The lowest BCUT2D eigenvalue weighted by Crippen LogP contribution is -2.48. The molecule has 0 amide bonds. The van der Waals surface area contributed by atoms with Gasteiger partial charge in [-0.05, 0) is 52.0 Å². The van der Waals surface area contributed by atoms with Crippen LogP contribution in [0.2, 0.25) is 0 Å². The van der Waals surface area contributed by atoms with Gasteiger partial charge < -0.3 is 5.32 Å². The average molecular weight is 181 g/mol. The molecular weight excluding hydrogens is 158 g/mol. The van der Waals surface area contributed by atoms with E-state index in [4.69, 9.17) is 0 Å². The Morgan fingerprint density at radius 3 is 2.62 bits per heavy atom. The molecule has 0 heterocycles. The molecule has 0 bridgehead atoms. The van der Waals surface area contributed by atoms with Crippen molar-refractivity contribution >= 4 is 0 Å². The Hall–Kier alpha value is -0.300. The maximum absolute atomic E-state index is 3.72. The Morgan fingerprint density at radius 2 is 2.08 bits per heavy atom. The second-order valence-electron chi connectivity index (χ2n) is 4.48. The highest BCUT2D eigenvalue weighted by molar-refractivity contribution is 4.91. The predicted molar refractivity (Wildman–Crippen MR) is 58.9 cm³/mol. The molecule has 1 heteroatoms. The number of hydrogen-bond acceptors (Lipinski definition) is 1. The number of hydrogen-bond donors (Lipinski definition) is 1. The highest BCUT2D eigenvalue weighted by Gasteiger charge is 2.30. The largest absolute Gasteiger partial charge is 0.312 e. The lowest BCUT2D eigenvalue weighted by Gasteiger charge is -2.39. The summed E-state index contributed by atoms with van der Waals surface area (Å²) < 4.78 is 0. The van der Waals surface area contributed by atoms with Gasteiger partial charge in [0.25, 0.3) is 0 Å². The molecule has 0 unspecified atom stereocenters. The van der Waals surface area contributed by atoms with Crippen molar-refractivity contribution in [3.8, 4) is 0 Å². The summed E-state index contributed by atoms with van der Waals surface area (Å²) in [6, 6.07) is 0. The maximum Gasteiger partial charge on any atom is 0.0153 e. The molecule has 0 saturated heterocycles. The van der Waals surface area contributed by atoms with Gasteiger partial charge in [0, 0.05) is 5.54 Å². The van der Waals surface area contributed by atoms with Crippen molar-refractivity contribution < 1.29 is 0 Å². The van der Waals surface area contributed by atoms with Gasteiger partial charge >= 0.3 is 0 Å². The summed E-state index contributed by atoms with van der Waals surface area (Å²) in [5.74, 6) is 0.